The second kappa shape index (κ2) is 41.4. The van der Waals surface area contributed by atoms with E-state index in [0.29, 0.717) is 6.42 Å². The molecule has 320 valence electrons. The van der Waals surface area contributed by atoms with Crippen LogP contribution >= 0.6 is 7.82 Å². The van der Waals surface area contributed by atoms with E-state index in [4.69, 9.17) is 19.3 Å². The number of rotatable bonds is 43. The molecule has 0 saturated heterocycles. The Bertz CT molecular complexity index is 889. The topological polar surface area (TPSA) is 119 Å². The highest BCUT2D eigenvalue weighted by atomic mass is 31.2. The summed E-state index contributed by atoms with van der Waals surface area (Å²) in [5.41, 5.74) is 0. The summed E-state index contributed by atoms with van der Waals surface area (Å²) in [5, 5.41) is 0. The second-order valence-corrected chi connectivity index (χ2v) is 17.0. The highest BCUT2D eigenvalue weighted by Gasteiger charge is 2.23. The first-order valence-electron chi connectivity index (χ1n) is 23.0. The summed E-state index contributed by atoms with van der Waals surface area (Å²) in [4.78, 5) is 42.9. The Hall–Kier alpha value is -1.21. The van der Waals surface area contributed by atoms with Crippen molar-refractivity contribution in [1.82, 2.24) is 0 Å². The van der Waals surface area contributed by atoms with E-state index in [9.17, 15) is 14.2 Å². The van der Waals surface area contributed by atoms with Crippen molar-refractivity contribution < 1.29 is 37.9 Å². The maximum absolute atomic E-state index is 12.4. The summed E-state index contributed by atoms with van der Waals surface area (Å²) in [6.45, 7) is 3.71. The fraction of sp³-hybridized carbons (Fsp3) is 0.911. The number of esters is 2. The maximum Gasteiger partial charge on any atom is 0.469 e. The highest BCUT2D eigenvalue weighted by molar-refractivity contribution is 7.46. The van der Waals surface area contributed by atoms with Gasteiger partial charge in [-0.2, -0.15) is 0 Å². The molecule has 0 unspecified atom stereocenters. The molecular formula is C45H87O8P. The summed E-state index contributed by atoms with van der Waals surface area (Å²) >= 11 is 0. The van der Waals surface area contributed by atoms with Crippen molar-refractivity contribution in [3.8, 4) is 0 Å². The first kappa shape index (κ1) is 52.8. The summed E-state index contributed by atoms with van der Waals surface area (Å²) in [5.74, 6) is -0.875. The van der Waals surface area contributed by atoms with Gasteiger partial charge < -0.3 is 19.3 Å². The monoisotopic (exact) mass is 787 g/mol. The van der Waals surface area contributed by atoms with Gasteiger partial charge in [0.25, 0.3) is 0 Å². The zero-order valence-corrected chi connectivity index (χ0v) is 36.3. The average Bonchev–Trinajstić information content (AvgIpc) is 3.14. The molecule has 0 aliphatic heterocycles. The van der Waals surface area contributed by atoms with Crippen molar-refractivity contribution in [3.05, 3.63) is 12.2 Å². The number of allylic oxidation sites excluding steroid dienone is 2. The Morgan fingerprint density at radius 2 is 0.778 bits per heavy atom. The largest absolute Gasteiger partial charge is 0.469 e. The minimum Gasteiger partial charge on any atom is -0.462 e. The lowest BCUT2D eigenvalue weighted by molar-refractivity contribution is -0.161. The van der Waals surface area contributed by atoms with Gasteiger partial charge in [0.15, 0.2) is 6.10 Å². The molecule has 0 aromatic carbocycles. The number of hydrogen-bond acceptors (Lipinski definition) is 6. The van der Waals surface area contributed by atoms with Crippen LogP contribution in [0.2, 0.25) is 0 Å². The molecule has 0 fully saturated rings. The molecule has 8 nitrogen and oxygen atoms in total. The Balaban J connectivity index is 3.82. The van der Waals surface area contributed by atoms with E-state index in [0.717, 1.165) is 44.9 Å². The molecule has 0 radical (unpaired) electrons. The molecular weight excluding hydrogens is 699 g/mol. The predicted octanol–water partition coefficient (Wildman–Crippen LogP) is 14.2. The minimum absolute atomic E-state index is 0.217. The van der Waals surface area contributed by atoms with Crippen molar-refractivity contribution in [2.75, 3.05) is 13.2 Å². The molecule has 0 saturated carbocycles. The van der Waals surface area contributed by atoms with Crippen molar-refractivity contribution in [1.29, 1.82) is 0 Å². The number of hydrogen-bond donors (Lipinski definition) is 2. The number of ether oxygens (including phenoxy) is 2. The third kappa shape index (κ3) is 43.5. The van der Waals surface area contributed by atoms with Gasteiger partial charge in [-0.25, -0.2) is 4.57 Å². The Labute approximate surface area is 333 Å². The van der Waals surface area contributed by atoms with Gasteiger partial charge in [0, 0.05) is 12.8 Å². The fourth-order valence-corrected chi connectivity index (χ4v) is 7.20. The molecule has 1 atom stereocenters. The lowest BCUT2D eigenvalue weighted by Crippen LogP contribution is -2.29. The number of phosphoric ester groups is 1. The summed E-state index contributed by atoms with van der Waals surface area (Å²) in [6, 6.07) is 0. The lowest BCUT2D eigenvalue weighted by atomic mass is 10.0. The van der Waals surface area contributed by atoms with E-state index < -0.39 is 32.5 Å². The van der Waals surface area contributed by atoms with Crippen molar-refractivity contribution in [3.63, 3.8) is 0 Å². The predicted molar refractivity (Wildman–Crippen MR) is 226 cm³/mol. The first-order valence-corrected chi connectivity index (χ1v) is 24.5. The van der Waals surface area contributed by atoms with Gasteiger partial charge in [-0.1, -0.05) is 206 Å². The Morgan fingerprint density at radius 1 is 0.463 bits per heavy atom. The Kier molecular flexibility index (Phi) is 40.5. The molecule has 0 aromatic heterocycles. The molecule has 2 N–H and O–H groups in total. The quantitative estimate of drug-likeness (QED) is 0.0271. The number of carbonyl (C=O) groups is 2. The van der Waals surface area contributed by atoms with Crippen LogP contribution in [-0.4, -0.2) is 41.0 Å². The van der Waals surface area contributed by atoms with Crippen LogP contribution < -0.4 is 0 Å². The van der Waals surface area contributed by atoms with Crippen LogP contribution in [0, 0.1) is 0 Å². The molecule has 0 amide bonds. The van der Waals surface area contributed by atoms with Crippen LogP contribution in [0.3, 0.4) is 0 Å². The second-order valence-electron chi connectivity index (χ2n) is 15.7. The van der Waals surface area contributed by atoms with Gasteiger partial charge in [0.05, 0.1) is 6.61 Å². The number of carbonyl (C=O) groups excluding carboxylic acids is 2. The van der Waals surface area contributed by atoms with E-state index in [1.165, 1.54) is 167 Å². The molecule has 0 bridgehead atoms. The summed E-state index contributed by atoms with van der Waals surface area (Å²) < 4.78 is 26.4. The van der Waals surface area contributed by atoms with Crippen LogP contribution in [0.1, 0.15) is 245 Å². The van der Waals surface area contributed by atoms with Gasteiger partial charge in [-0.15, -0.1) is 0 Å². The smallest absolute Gasteiger partial charge is 0.462 e. The van der Waals surface area contributed by atoms with Crippen LogP contribution in [0.4, 0.5) is 0 Å². The average molecular weight is 787 g/mol. The summed E-state index contributed by atoms with van der Waals surface area (Å²) in [7, 11) is -4.75. The molecule has 0 rings (SSSR count). The normalized spacial score (nSPS) is 12.4. The van der Waals surface area contributed by atoms with Crippen LogP contribution in [0.15, 0.2) is 12.2 Å². The zero-order chi connectivity index (χ0) is 39.6. The van der Waals surface area contributed by atoms with Crippen LogP contribution in [0.5, 0.6) is 0 Å². The molecule has 0 aliphatic rings. The SMILES string of the molecule is CCCCCC/C=C/CCCCCCCCCC(=O)OC[C@H](COP(=O)(O)O)OC(=O)CCCCCCCCCCCCCCCCCCCCCCC. The third-order valence-corrected chi connectivity index (χ3v) is 10.8. The van der Waals surface area contributed by atoms with E-state index in [1.54, 1.807) is 0 Å². The van der Waals surface area contributed by atoms with Gasteiger partial charge >= 0.3 is 19.8 Å². The molecule has 0 heterocycles. The fourth-order valence-electron chi connectivity index (χ4n) is 6.84. The van der Waals surface area contributed by atoms with Gasteiger partial charge in [0.2, 0.25) is 0 Å². The van der Waals surface area contributed by atoms with E-state index in [2.05, 4.69) is 30.5 Å². The maximum atomic E-state index is 12.4. The minimum atomic E-state index is -4.75. The summed E-state index contributed by atoms with van der Waals surface area (Å²) in [6.07, 6.45) is 46.5. The Morgan fingerprint density at radius 3 is 1.15 bits per heavy atom. The third-order valence-electron chi connectivity index (χ3n) is 10.3. The van der Waals surface area contributed by atoms with Crippen LogP contribution in [0.25, 0.3) is 0 Å². The lowest BCUT2D eigenvalue weighted by Gasteiger charge is -2.18. The van der Waals surface area contributed by atoms with Gasteiger partial charge in [-0.05, 0) is 38.5 Å². The van der Waals surface area contributed by atoms with Gasteiger partial charge in [0.1, 0.15) is 6.61 Å². The standard InChI is InChI=1S/C45H87O8P/c1-3-5-7-9-11-13-15-17-19-20-21-22-23-24-26-28-30-32-34-36-38-40-45(47)53-43(42-52-54(48,49)50)41-51-44(46)39-37-35-33-31-29-27-25-18-16-14-12-10-8-6-4-2/h14,16,43H,3-13,15,17-42H2,1-2H3,(H2,48,49,50)/b16-14+/t43-/m1/s1. The number of phosphoric acid groups is 1. The molecule has 54 heavy (non-hydrogen) atoms. The zero-order valence-electron chi connectivity index (χ0n) is 35.4. The molecule has 0 aromatic rings. The highest BCUT2D eigenvalue weighted by Crippen LogP contribution is 2.36. The van der Waals surface area contributed by atoms with Crippen molar-refractivity contribution in [2.24, 2.45) is 0 Å². The van der Waals surface area contributed by atoms with E-state index in [1.807, 2.05) is 0 Å². The number of unbranched alkanes of at least 4 members (excludes halogenated alkanes) is 31. The molecule has 9 heteroatoms. The molecule has 0 spiro atoms. The van der Waals surface area contributed by atoms with Gasteiger partial charge in [-0.3, -0.25) is 14.1 Å². The van der Waals surface area contributed by atoms with E-state index in [-0.39, 0.29) is 19.4 Å². The van der Waals surface area contributed by atoms with Crippen molar-refractivity contribution in [2.45, 2.75) is 251 Å². The van der Waals surface area contributed by atoms with Crippen LogP contribution in [-0.2, 0) is 28.2 Å². The first-order chi connectivity index (χ1) is 26.3. The van der Waals surface area contributed by atoms with E-state index >= 15 is 0 Å². The van der Waals surface area contributed by atoms with Crippen molar-refractivity contribution >= 4 is 19.8 Å². The molecule has 0 aliphatic carbocycles.